The highest BCUT2D eigenvalue weighted by atomic mass is 32.2. The Hall–Kier alpha value is -0.650. The summed E-state index contributed by atoms with van der Waals surface area (Å²) in [5.41, 5.74) is 1.21. The van der Waals surface area contributed by atoms with Crippen molar-refractivity contribution in [3.8, 4) is 0 Å². The molecule has 1 saturated heterocycles. The average Bonchev–Trinajstić information content (AvgIpc) is 2.53. The number of hydrogen-bond acceptors (Lipinski definition) is 5. The van der Waals surface area contributed by atoms with Gasteiger partial charge in [-0.05, 0) is 39.4 Å². The molecule has 0 amide bonds. The van der Waals surface area contributed by atoms with Crippen LogP contribution in [0.4, 0.5) is 0 Å². The van der Waals surface area contributed by atoms with Crippen molar-refractivity contribution in [1.29, 1.82) is 0 Å². The Balaban J connectivity index is 1.70. The van der Waals surface area contributed by atoms with Gasteiger partial charge in [0.25, 0.3) is 0 Å². The van der Waals surface area contributed by atoms with Crippen molar-refractivity contribution in [2.45, 2.75) is 44.3 Å². The van der Waals surface area contributed by atoms with Crippen LogP contribution in [0.25, 0.3) is 0 Å². The maximum absolute atomic E-state index is 4.43. The lowest BCUT2D eigenvalue weighted by Gasteiger charge is -2.28. The van der Waals surface area contributed by atoms with Gasteiger partial charge in [-0.25, -0.2) is 9.97 Å². The fourth-order valence-electron chi connectivity index (χ4n) is 2.58. The summed E-state index contributed by atoms with van der Waals surface area (Å²) in [6.07, 6.45) is 9.26. The molecular formula is C16H28N4S. The van der Waals surface area contributed by atoms with Crippen molar-refractivity contribution < 1.29 is 0 Å². The first-order valence-corrected chi connectivity index (χ1v) is 9.11. The number of aromatic nitrogens is 2. The summed E-state index contributed by atoms with van der Waals surface area (Å²) >= 11 is 1.73. The van der Waals surface area contributed by atoms with Crippen molar-refractivity contribution in [3.05, 3.63) is 18.0 Å². The number of likely N-dealkylation sites (N-methyl/N-ethyl adjacent to an activating group) is 1. The molecule has 0 bridgehead atoms. The van der Waals surface area contributed by atoms with Gasteiger partial charge in [-0.15, -0.1) is 0 Å². The van der Waals surface area contributed by atoms with Crippen LogP contribution >= 0.6 is 11.8 Å². The summed E-state index contributed by atoms with van der Waals surface area (Å²) in [4.78, 5) is 13.8. The zero-order valence-corrected chi connectivity index (χ0v) is 14.2. The predicted octanol–water partition coefficient (Wildman–Crippen LogP) is 2.90. The lowest BCUT2D eigenvalue weighted by atomic mass is 10.1. The minimum absolute atomic E-state index is 0.900. The Morgan fingerprint density at radius 2 is 1.90 bits per heavy atom. The fraction of sp³-hybridized carbons (Fsp3) is 0.750. The molecule has 21 heavy (non-hydrogen) atoms. The van der Waals surface area contributed by atoms with E-state index in [-0.39, 0.29) is 0 Å². The second kappa shape index (κ2) is 9.38. The van der Waals surface area contributed by atoms with E-state index in [1.165, 1.54) is 44.5 Å². The van der Waals surface area contributed by atoms with Crippen LogP contribution in [0.15, 0.2) is 17.6 Å². The second-order valence-corrected chi connectivity index (χ2v) is 6.92. The number of rotatable bonds is 8. The standard InChI is InChI=1S/C16H28N4S/c1-3-11-21-16-17-12-15(13-18-16)14-19(2)9-10-20-7-5-4-6-8-20/h12-13H,3-11,14H2,1-2H3. The second-order valence-electron chi connectivity index (χ2n) is 5.86. The maximum Gasteiger partial charge on any atom is 0.187 e. The topological polar surface area (TPSA) is 32.3 Å². The molecule has 1 fully saturated rings. The van der Waals surface area contributed by atoms with E-state index < -0.39 is 0 Å². The monoisotopic (exact) mass is 308 g/mol. The van der Waals surface area contributed by atoms with Gasteiger partial charge in [0.15, 0.2) is 5.16 Å². The van der Waals surface area contributed by atoms with Crippen LogP contribution in [0.5, 0.6) is 0 Å². The normalized spacial score (nSPS) is 16.5. The highest BCUT2D eigenvalue weighted by molar-refractivity contribution is 7.99. The Kier molecular flexibility index (Phi) is 7.47. The molecule has 118 valence electrons. The van der Waals surface area contributed by atoms with Gasteiger partial charge in [0.2, 0.25) is 0 Å². The van der Waals surface area contributed by atoms with E-state index in [1.54, 1.807) is 11.8 Å². The molecule has 1 aliphatic rings. The van der Waals surface area contributed by atoms with Crippen molar-refractivity contribution in [2.24, 2.45) is 0 Å². The summed E-state index contributed by atoms with van der Waals surface area (Å²) in [5.74, 6) is 1.09. The third-order valence-corrected chi connectivity index (χ3v) is 4.90. The molecule has 0 atom stereocenters. The quantitative estimate of drug-likeness (QED) is 0.544. The molecule has 2 heterocycles. The van der Waals surface area contributed by atoms with Gasteiger partial charge in [-0.3, -0.25) is 0 Å². The van der Waals surface area contributed by atoms with Crippen molar-refractivity contribution >= 4 is 11.8 Å². The molecule has 0 aromatic carbocycles. The summed E-state index contributed by atoms with van der Waals surface area (Å²) in [6, 6.07) is 0. The van der Waals surface area contributed by atoms with Crippen LogP contribution in [0.3, 0.4) is 0 Å². The van der Waals surface area contributed by atoms with Gasteiger partial charge in [0, 0.05) is 43.3 Å². The molecular weight excluding hydrogens is 280 g/mol. The van der Waals surface area contributed by atoms with Crippen LogP contribution in [-0.2, 0) is 6.54 Å². The zero-order valence-electron chi connectivity index (χ0n) is 13.4. The number of hydrogen-bond donors (Lipinski definition) is 0. The smallest absolute Gasteiger partial charge is 0.187 e. The summed E-state index contributed by atoms with van der Waals surface area (Å²) in [6.45, 7) is 7.97. The number of piperidine rings is 1. The van der Waals surface area contributed by atoms with Gasteiger partial charge < -0.3 is 9.80 Å². The van der Waals surface area contributed by atoms with E-state index in [1.807, 2.05) is 12.4 Å². The van der Waals surface area contributed by atoms with Crippen molar-refractivity contribution in [3.63, 3.8) is 0 Å². The molecule has 1 aromatic rings. The van der Waals surface area contributed by atoms with Crippen LogP contribution in [0.2, 0.25) is 0 Å². The molecule has 1 aliphatic heterocycles. The van der Waals surface area contributed by atoms with Crippen molar-refractivity contribution in [1.82, 2.24) is 19.8 Å². The van der Waals surface area contributed by atoms with Crippen LogP contribution in [0, 0.1) is 0 Å². The zero-order chi connectivity index (χ0) is 14.9. The first kappa shape index (κ1) is 16.7. The number of likely N-dealkylation sites (tertiary alicyclic amines) is 1. The molecule has 1 aromatic heterocycles. The average molecular weight is 308 g/mol. The first-order valence-electron chi connectivity index (χ1n) is 8.12. The lowest BCUT2D eigenvalue weighted by molar-refractivity contribution is 0.193. The van der Waals surface area contributed by atoms with Gasteiger partial charge in [0.05, 0.1) is 0 Å². The van der Waals surface area contributed by atoms with E-state index in [9.17, 15) is 0 Å². The molecule has 0 N–H and O–H groups in total. The maximum atomic E-state index is 4.43. The Morgan fingerprint density at radius 1 is 1.19 bits per heavy atom. The number of nitrogens with zero attached hydrogens (tertiary/aromatic N) is 4. The SMILES string of the molecule is CCCSc1ncc(CN(C)CCN2CCCCC2)cn1. The molecule has 0 aliphatic carbocycles. The third kappa shape index (κ3) is 6.32. The van der Waals surface area contributed by atoms with E-state index in [0.29, 0.717) is 0 Å². The van der Waals surface area contributed by atoms with E-state index >= 15 is 0 Å². The van der Waals surface area contributed by atoms with Crippen LogP contribution < -0.4 is 0 Å². The minimum atomic E-state index is 0.900. The van der Waals surface area contributed by atoms with Crippen LogP contribution in [0.1, 0.15) is 38.2 Å². The molecule has 0 spiro atoms. The van der Waals surface area contributed by atoms with Gasteiger partial charge >= 0.3 is 0 Å². The van der Waals surface area contributed by atoms with Gasteiger partial charge in [0.1, 0.15) is 0 Å². The van der Waals surface area contributed by atoms with E-state index in [2.05, 4.69) is 33.7 Å². The summed E-state index contributed by atoms with van der Waals surface area (Å²) in [5, 5.41) is 0.900. The molecule has 4 nitrogen and oxygen atoms in total. The van der Waals surface area contributed by atoms with Crippen LogP contribution in [-0.4, -0.2) is 58.7 Å². The van der Waals surface area contributed by atoms with E-state index in [0.717, 1.165) is 30.4 Å². The Labute approximate surface area is 133 Å². The number of thioether (sulfide) groups is 1. The fourth-order valence-corrected chi connectivity index (χ4v) is 3.22. The molecule has 0 radical (unpaired) electrons. The molecule has 5 heteroatoms. The van der Waals surface area contributed by atoms with Crippen molar-refractivity contribution in [2.75, 3.05) is 39.0 Å². The summed E-state index contributed by atoms with van der Waals surface area (Å²) in [7, 11) is 2.18. The van der Waals surface area contributed by atoms with Gasteiger partial charge in [-0.2, -0.15) is 0 Å². The predicted molar refractivity (Wildman–Crippen MR) is 89.7 cm³/mol. The first-order chi connectivity index (χ1) is 10.3. The largest absolute Gasteiger partial charge is 0.302 e. The Bertz CT molecular complexity index is 390. The van der Waals surface area contributed by atoms with E-state index in [4.69, 9.17) is 0 Å². The molecule has 0 saturated carbocycles. The van der Waals surface area contributed by atoms with Gasteiger partial charge in [-0.1, -0.05) is 25.1 Å². The highest BCUT2D eigenvalue weighted by Crippen LogP contribution is 2.13. The summed E-state index contributed by atoms with van der Waals surface area (Å²) < 4.78 is 0. The Morgan fingerprint density at radius 3 is 2.57 bits per heavy atom. The molecule has 2 rings (SSSR count). The third-order valence-electron chi connectivity index (χ3n) is 3.82. The minimum Gasteiger partial charge on any atom is -0.302 e. The molecule has 0 unspecified atom stereocenters. The highest BCUT2D eigenvalue weighted by Gasteiger charge is 2.10. The lowest BCUT2D eigenvalue weighted by Crippen LogP contribution is -2.36.